The first-order chi connectivity index (χ1) is 11.3. The Balaban J connectivity index is 0.00000312. The Morgan fingerprint density at radius 2 is 1.56 bits per heavy atom. The second-order valence-electron chi connectivity index (χ2n) is 5.83. The Morgan fingerprint density at radius 1 is 0.920 bits per heavy atom. The molecule has 7 N–H and O–H groups in total. The van der Waals surface area contributed by atoms with Crippen LogP contribution in [0.2, 0.25) is 0 Å². The van der Waals surface area contributed by atoms with E-state index in [1.165, 1.54) is 7.11 Å². The third kappa shape index (κ3) is 4.33. The van der Waals surface area contributed by atoms with E-state index >= 15 is 0 Å². The monoisotopic (exact) mass is 412 g/mol. The minimum Gasteiger partial charge on any atom is -0.394 e. The molecule has 9 atom stereocenters. The molecule has 0 radical (unpaired) electrons. The van der Waals surface area contributed by atoms with Gasteiger partial charge in [-0.05, 0) is 0 Å². The molecule has 0 aromatic carbocycles. The van der Waals surface area contributed by atoms with Crippen molar-refractivity contribution in [2.24, 2.45) is 0 Å². The van der Waals surface area contributed by atoms with Crippen molar-refractivity contribution in [3.8, 4) is 0 Å². The van der Waals surface area contributed by atoms with Crippen LogP contribution in [0.1, 0.15) is 0 Å². The van der Waals surface area contributed by atoms with Gasteiger partial charge in [0.05, 0.1) is 13.2 Å². The number of hydrogen-bond acceptors (Lipinski definition) is 11. The molecule has 2 heterocycles. The van der Waals surface area contributed by atoms with Crippen LogP contribution in [0.25, 0.3) is 0 Å². The number of methoxy groups -OCH3 is 1. The third-order valence-corrected chi connectivity index (χ3v) is 4.22. The van der Waals surface area contributed by atoms with Crippen molar-refractivity contribution in [1.82, 2.24) is 0 Å². The zero-order chi connectivity index (χ0) is 18.1. The maximum atomic E-state index is 10.1. The minimum atomic E-state index is -2.18. The zero-order valence-corrected chi connectivity index (χ0v) is 14.5. The van der Waals surface area contributed by atoms with Crippen molar-refractivity contribution in [1.29, 1.82) is 0 Å². The van der Waals surface area contributed by atoms with Crippen LogP contribution >= 0.6 is 0 Å². The van der Waals surface area contributed by atoms with E-state index in [4.69, 9.17) is 24.1 Å². The third-order valence-electron chi connectivity index (χ3n) is 4.22. The molecule has 0 spiro atoms. The summed E-state index contributed by atoms with van der Waals surface area (Å²) in [5, 5.41) is 68.3. The molecule has 11 nitrogen and oxygen atoms in total. The van der Waals surface area contributed by atoms with Gasteiger partial charge in [0.1, 0.15) is 49.3 Å². The van der Waals surface area contributed by atoms with Crippen LogP contribution in [0.5, 0.6) is 0 Å². The standard InChI is InChI=1S/C13H24O11.Fe/c1-21-3-6-7(16)9(18)10(19)12(22-6)24-13(4-15)11(20)8(17)5(2-14)23-13;/h5-12,14-20H,2-4H2,1H3;/t5-,6-,7-,8-,9+,10-,11+,12-,13+;/m1./s1. The summed E-state index contributed by atoms with van der Waals surface area (Å²) in [6.07, 6.45) is -12.0. The average molecular weight is 412 g/mol. The predicted molar refractivity (Wildman–Crippen MR) is 73.4 cm³/mol. The largest absolute Gasteiger partial charge is 0.394 e. The summed E-state index contributed by atoms with van der Waals surface area (Å²) in [4.78, 5) is 0. The smallest absolute Gasteiger partial charge is 0.224 e. The Kier molecular flexibility index (Phi) is 8.63. The number of hydrogen-bond donors (Lipinski definition) is 7. The van der Waals surface area contributed by atoms with Gasteiger partial charge in [-0.25, -0.2) is 0 Å². The van der Waals surface area contributed by atoms with Crippen LogP contribution in [0.15, 0.2) is 0 Å². The Hall–Kier alpha value is 0.0795. The summed E-state index contributed by atoms with van der Waals surface area (Å²) in [6, 6.07) is 0. The number of aliphatic hydroxyl groups is 7. The molecule has 0 bridgehead atoms. The van der Waals surface area contributed by atoms with Gasteiger partial charge >= 0.3 is 0 Å². The van der Waals surface area contributed by atoms with E-state index in [2.05, 4.69) is 0 Å². The Bertz CT molecular complexity index is 415. The number of aliphatic hydroxyl groups excluding tert-OH is 7. The summed E-state index contributed by atoms with van der Waals surface area (Å²) in [5.41, 5.74) is 0. The second kappa shape index (κ2) is 9.33. The second-order valence-corrected chi connectivity index (χ2v) is 5.83. The van der Waals surface area contributed by atoms with Gasteiger partial charge in [0.25, 0.3) is 0 Å². The molecule has 2 aliphatic heterocycles. The maximum absolute atomic E-state index is 10.1. The number of rotatable bonds is 6. The van der Waals surface area contributed by atoms with Gasteiger partial charge in [-0.2, -0.15) is 0 Å². The van der Waals surface area contributed by atoms with Crippen molar-refractivity contribution in [2.45, 2.75) is 54.8 Å². The average Bonchev–Trinajstić information content (AvgIpc) is 2.82. The molecule has 0 aliphatic carbocycles. The summed E-state index contributed by atoms with van der Waals surface area (Å²) in [6.45, 7) is -1.70. The summed E-state index contributed by atoms with van der Waals surface area (Å²) >= 11 is 0. The Morgan fingerprint density at radius 3 is 2.04 bits per heavy atom. The fourth-order valence-electron chi connectivity index (χ4n) is 2.78. The molecule has 0 aromatic heterocycles. The fraction of sp³-hybridized carbons (Fsp3) is 1.00. The number of ether oxygens (including phenoxy) is 4. The van der Waals surface area contributed by atoms with Crippen LogP contribution in [0.4, 0.5) is 0 Å². The Labute approximate surface area is 154 Å². The molecule has 0 unspecified atom stereocenters. The van der Waals surface area contributed by atoms with E-state index in [-0.39, 0.29) is 23.7 Å². The van der Waals surface area contributed by atoms with Crippen LogP contribution in [0.3, 0.4) is 0 Å². The van der Waals surface area contributed by atoms with Gasteiger partial charge < -0.3 is 54.7 Å². The molecular formula is C13H24FeO11. The van der Waals surface area contributed by atoms with E-state index in [0.29, 0.717) is 0 Å². The molecule has 25 heavy (non-hydrogen) atoms. The molecule has 2 rings (SSSR count). The summed E-state index contributed by atoms with van der Waals surface area (Å²) in [5.74, 6) is -2.18. The molecular weight excluding hydrogens is 388 g/mol. The minimum absolute atomic E-state index is 0. The predicted octanol–water partition coefficient (Wildman–Crippen LogP) is -4.74. The van der Waals surface area contributed by atoms with Gasteiger partial charge in [-0.3, -0.25) is 0 Å². The van der Waals surface area contributed by atoms with Crippen LogP contribution in [0, 0.1) is 0 Å². The van der Waals surface area contributed by atoms with E-state index in [1.54, 1.807) is 0 Å². The molecule has 2 saturated heterocycles. The topological polar surface area (TPSA) is 179 Å². The quantitative estimate of drug-likeness (QED) is 0.208. The van der Waals surface area contributed by atoms with Gasteiger partial charge in [0.15, 0.2) is 6.29 Å². The molecule has 2 aliphatic rings. The summed E-state index contributed by atoms with van der Waals surface area (Å²) < 4.78 is 20.7. The van der Waals surface area contributed by atoms with E-state index in [1.807, 2.05) is 0 Å². The van der Waals surface area contributed by atoms with Gasteiger partial charge in [-0.1, -0.05) is 0 Å². The van der Waals surface area contributed by atoms with Crippen LogP contribution < -0.4 is 0 Å². The van der Waals surface area contributed by atoms with Gasteiger partial charge in [0, 0.05) is 24.2 Å². The van der Waals surface area contributed by atoms with Crippen molar-refractivity contribution < 1.29 is 71.8 Å². The zero-order valence-electron chi connectivity index (χ0n) is 13.4. The molecule has 0 saturated carbocycles. The fourth-order valence-corrected chi connectivity index (χ4v) is 2.78. The van der Waals surface area contributed by atoms with Crippen LogP contribution in [-0.2, 0) is 36.0 Å². The SMILES string of the molecule is COC[C@H]1O[C@H](O[C@]2(CO)O[C@H](CO)[C@@H](O)[C@@H]2O)[C@H](O)[C@@H](O)[C@@H]1O.[Fe]. The van der Waals surface area contributed by atoms with Crippen molar-refractivity contribution in [2.75, 3.05) is 26.9 Å². The van der Waals surface area contributed by atoms with Crippen molar-refractivity contribution in [3.63, 3.8) is 0 Å². The molecule has 150 valence electrons. The van der Waals surface area contributed by atoms with Crippen molar-refractivity contribution >= 4 is 0 Å². The van der Waals surface area contributed by atoms with Crippen LogP contribution in [-0.4, -0.2) is 117 Å². The maximum Gasteiger partial charge on any atom is 0.224 e. The van der Waals surface area contributed by atoms with E-state index in [0.717, 1.165) is 0 Å². The first-order valence-electron chi connectivity index (χ1n) is 7.43. The van der Waals surface area contributed by atoms with E-state index < -0.39 is 68.0 Å². The van der Waals surface area contributed by atoms with E-state index in [9.17, 15) is 30.6 Å². The first-order valence-corrected chi connectivity index (χ1v) is 7.43. The molecule has 2 fully saturated rings. The first kappa shape index (κ1) is 23.1. The van der Waals surface area contributed by atoms with Gasteiger partial charge in [0.2, 0.25) is 5.79 Å². The van der Waals surface area contributed by atoms with Gasteiger partial charge in [-0.15, -0.1) is 0 Å². The summed E-state index contributed by atoms with van der Waals surface area (Å²) in [7, 11) is 1.34. The van der Waals surface area contributed by atoms with Crippen molar-refractivity contribution in [3.05, 3.63) is 0 Å². The molecule has 0 aromatic rings. The normalized spacial score (nSPS) is 47.5. The molecule has 0 amide bonds. The molecule has 12 heteroatoms.